The second-order valence-corrected chi connectivity index (χ2v) is 9.88. The maximum atomic E-state index is 12.4. The molecule has 0 aliphatic rings. The Morgan fingerprint density at radius 2 is 1.52 bits per heavy atom. The Bertz CT molecular complexity index is 1160. The van der Waals surface area contributed by atoms with E-state index < -0.39 is 10.0 Å². The molecule has 0 atom stereocenters. The number of nitrogens with zero attached hydrogens (tertiary/aromatic N) is 1. The molecule has 0 unspecified atom stereocenters. The van der Waals surface area contributed by atoms with Crippen LogP contribution in [-0.2, 0) is 16.6 Å². The molecule has 0 aliphatic carbocycles. The predicted molar refractivity (Wildman–Crippen MR) is 123 cm³/mol. The summed E-state index contributed by atoms with van der Waals surface area (Å²) in [5.74, 6) is 0.273. The molecule has 0 spiro atoms. The second-order valence-electron chi connectivity index (χ2n) is 6.86. The van der Waals surface area contributed by atoms with E-state index in [-0.39, 0.29) is 17.4 Å². The quantitative estimate of drug-likeness (QED) is 0.513. The lowest BCUT2D eigenvalue weighted by atomic mass is 10.2. The van der Waals surface area contributed by atoms with Crippen molar-refractivity contribution >= 4 is 44.8 Å². The van der Waals surface area contributed by atoms with E-state index in [4.69, 9.17) is 27.9 Å². The summed E-state index contributed by atoms with van der Waals surface area (Å²) in [4.78, 5) is 12.6. The highest BCUT2D eigenvalue weighted by molar-refractivity contribution is 7.89. The third-order valence-electron chi connectivity index (χ3n) is 4.34. The van der Waals surface area contributed by atoms with Crippen molar-refractivity contribution < 1.29 is 17.9 Å². The van der Waals surface area contributed by atoms with Crippen molar-refractivity contribution in [2.45, 2.75) is 11.5 Å². The molecular weight excluding hydrogens is 459 g/mol. The maximum absolute atomic E-state index is 12.4. The summed E-state index contributed by atoms with van der Waals surface area (Å²) in [6, 6.07) is 18.0. The zero-order valence-corrected chi connectivity index (χ0v) is 19.1. The number of hydrogen-bond donors (Lipinski definition) is 1. The minimum Gasteiger partial charge on any atom is -0.489 e. The molecule has 31 heavy (non-hydrogen) atoms. The van der Waals surface area contributed by atoms with Crippen molar-refractivity contribution in [2.75, 3.05) is 19.4 Å². The van der Waals surface area contributed by atoms with Gasteiger partial charge in [-0.1, -0.05) is 35.3 Å². The van der Waals surface area contributed by atoms with Crippen molar-refractivity contribution in [1.29, 1.82) is 0 Å². The van der Waals surface area contributed by atoms with Crippen LogP contribution in [0.5, 0.6) is 5.75 Å². The van der Waals surface area contributed by atoms with Gasteiger partial charge in [-0.3, -0.25) is 4.79 Å². The van der Waals surface area contributed by atoms with Crippen LogP contribution in [0.25, 0.3) is 0 Å². The Balaban J connectivity index is 1.60. The molecule has 0 heterocycles. The number of hydrogen-bond acceptors (Lipinski definition) is 4. The monoisotopic (exact) mass is 478 g/mol. The topological polar surface area (TPSA) is 75.7 Å². The van der Waals surface area contributed by atoms with Crippen LogP contribution in [0.3, 0.4) is 0 Å². The van der Waals surface area contributed by atoms with Crippen LogP contribution < -0.4 is 10.1 Å². The van der Waals surface area contributed by atoms with E-state index in [1.807, 2.05) is 0 Å². The van der Waals surface area contributed by atoms with Crippen LogP contribution in [0.4, 0.5) is 5.69 Å². The van der Waals surface area contributed by atoms with Gasteiger partial charge in [0.05, 0.1) is 4.90 Å². The smallest absolute Gasteiger partial charge is 0.255 e. The number of anilines is 1. The van der Waals surface area contributed by atoms with Crippen LogP contribution in [-0.4, -0.2) is 32.7 Å². The molecule has 3 aromatic rings. The molecule has 0 bridgehead atoms. The van der Waals surface area contributed by atoms with Gasteiger partial charge in [0.2, 0.25) is 10.0 Å². The normalized spacial score (nSPS) is 11.4. The molecular formula is C22H20Cl2N2O4S. The van der Waals surface area contributed by atoms with Crippen LogP contribution in [0, 0.1) is 0 Å². The molecule has 0 radical (unpaired) electrons. The highest BCUT2D eigenvalue weighted by Crippen LogP contribution is 2.23. The fourth-order valence-corrected chi connectivity index (χ4v) is 4.09. The maximum Gasteiger partial charge on any atom is 0.255 e. The van der Waals surface area contributed by atoms with Crippen LogP contribution in [0.1, 0.15) is 15.9 Å². The molecule has 9 heteroatoms. The third kappa shape index (κ3) is 5.98. The van der Waals surface area contributed by atoms with Gasteiger partial charge >= 0.3 is 0 Å². The highest BCUT2D eigenvalue weighted by atomic mass is 35.5. The number of ether oxygens (including phenoxy) is 1. The number of nitrogens with one attached hydrogen (secondary N) is 1. The van der Waals surface area contributed by atoms with Gasteiger partial charge in [0.15, 0.2) is 0 Å². The number of rotatable bonds is 7. The molecule has 6 nitrogen and oxygen atoms in total. The Morgan fingerprint density at radius 1 is 0.935 bits per heavy atom. The van der Waals surface area contributed by atoms with Crippen LogP contribution in [0.15, 0.2) is 71.6 Å². The number of sulfonamides is 1. The number of benzene rings is 3. The average molecular weight is 479 g/mol. The van der Waals surface area contributed by atoms with Crippen molar-refractivity contribution in [2.24, 2.45) is 0 Å². The van der Waals surface area contributed by atoms with Gasteiger partial charge in [0.25, 0.3) is 5.91 Å². The van der Waals surface area contributed by atoms with Crippen molar-refractivity contribution in [1.82, 2.24) is 4.31 Å². The van der Waals surface area contributed by atoms with Crippen molar-refractivity contribution in [3.63, 3.8) is 0 Å². The average Bonchev–Trinajstić information content (AvgIpc) is 2.72. The Labute approximate surface area is 191 Å². The first-order valence-electron chi connectivity index (χ1n) is 9.17. The van der Waals surface area contributed by atoms with E-state index in [1.165, 1.54) is 14.1 Å². The minimum atomic E-state index is -3.46. The first-order chi connectivity index (χ1) is 14.6. The Morgan fingerprint density at radius 3 is 2.06 bits per heavy atom. The van der Waals surface area contributed by atoms with Gasteiger partial charge in [0.1, 0.15) is 12.4 Å². The van der Waals surface area contributed by atoms with Gasteiger partial charge in [-0.2, -0.15) is 0 Å². The summed E-state index contributed by atoms with van der Waals surface area (Å²) < 4.78 is 31.1. The summed E-state index contributed by atoms with van der Waals surface area (Å²) in [7, 11) is -0.488. The number of amides is 1. The fraction of sp³-hybridized carbons (Fsp3) is 0.136. The van der Waals surface area contributed by atoms with Gasteiger partial charge in [0, 0.05) is 35.4 Å². The Kier molecular flexibility index (Phi) is 7.23. The molecule has 0 saturated heterocycles. The van der Waals surface area contributed by atoms with E-state index in [2.05, 4.69) is 5.32 Å². The highest BCUT2D eigenvalue weighted by Gasteiger charge is 2.16. The van der Waals surface area contributed by atoms with E-state index >= 15 is 0 Å². The lowest BCUT2D eigenvalue weighted by molar-refractivity contribution is 0.102. The zero-order chi connectivity index (χ0) is 22.6. The summed E-state index contributed by atoms with van der Waals surface area (Å²) in [5, 5.41) is 3.60. The number of carbonyl (C=O) groups is 1. The molecule has 0 aromatic heterocycles. The fourth-order valence-electron chi connectivity index (χ4n) is 2.67. The number of halogens is 2. The lowest BCUT2D eigenvalue weighted by Gasteiger charge is -2.12. The van der Waals surface area contributed by atoms with Crippen molar-refractivity contribution in [3.8, 4) is 5.75 Å². The first kappa shape index (κ1) is 23.1. The molecule has 3 rings (SSSR count). The molecule has 0 saturated carbocycles. The van der Waals surface area contributed by atoms with Crippen molar-refractivity contribution in [3.05, 3.63) is 87.9 Å². The second kappa shape index (κ2) is 9.70. The Hall–Kier alpha value is -2.58. The standard InChI is InChI=1S/C22H20Cl2N2O4S/c1-26(2)31(28,29)21-9-3-15(4-10-21)14-30-20-7-5-16(6-8-20)22(27)25-19-12-17(23)11-18(24)13-19/h3-13H,14H2,1-2H3,(H,25,27). The molecule has 1 N–H and O–H groups in total. The van der Waals surface area contributed by atoms with Gasteiger partial charge in [-0.15, -0.1) is 0 Å². The minimum absolute atomic E-state index is 0.220. The zero-order valence-electron chi connectivity index (χ0n) is 16.8. The van der Waals surface area contributed by atoms with Crippen LogP contribution in [0.2, 0.25) is 10.0 Å². The largest absolute Gasteiger partial charge is 0.489 e. The summed E-state index contributed by atoms with van der Waals surface area (Å²) in [5.41, 5.74) is 1.77. The van der Waals surface area contributed by atoms with Gasteiger partial charge in [-0.25, -0.2) is 12.7 Å². The molecule has 162 valence electrons. The molecule has 3 aromatic carbocycles. The summed E-state index contributed by atoms with van der Waals surface area (Å²) in [6.45, 7) is 0.259. The molecule has 0 fully saturated rings. The van der Waals surface area contributed by atoms with Gasteiger partial charge in [-0.05, 0) is 60.2 Å². The van der Waals surface area contributed by atoms with Crippen LogP contribution >= 0.6 is 23.2 Å². The molecule has 1 amide bonds. The predicted octanol–water partition coefficient (Wildman–Crippen LogP) is 5.08. The lowest BCUT2D eigenvalue weighted by Crippen LogP contribution is -2.22. The van der Waals surface area contributed by atoms with E-state index in [9.17, 15) is 13.2 Å². The van der Waals surface area contributed by atoms with E-state index in [1.54, 1.807) is 66.7 Å². The summed E-state index contributed by atoms with van der Waals surface area (Å²) >= 11 is 11.9. The van der Waals surface area contributed by atoms with Gasteiger partial charge < -0.3 is 10.1 Å². The summed E-state index contributed by atoms with van der Waals surface area (Å²) in [6.07, 6.45) is 0. The van der Waals surface area contributed by atoms with E-state index in [0.29, 0.717) is 27.0 Å². The molecule has 0 aliphatic heterocycles. The SMILES string of the molecule is CN(C)S(=O)(=O)c1ccc(COc2ccc(C(=O)Nc3cc(Cl)cc(Cl)c3)cc2)cc1. The third-order valence-corrected chi connectivity index (χ3v) is 6.61. The number of carbonyl (C=O) groups excluding carboxylic acids is 1. The first-order valence-corrected chi connectivity index (χ1v) is 11.4. The van der Waals surface area contributed by atoms with E-state index in [0.717, 1.165) is 9.87 Å².